The molecule has 1 saturated heterocycles. The minimum Gasteiger partial charge on any atom is -0.307 e. The first-order valence-electron chi connectivity index (χ1n) is 5.78. The molecule has 0 saturated carbocycles. The Balaban J connectivity index is 1.67. The molecule has 0 aliphatic carbocycles. The highest BCUT2D eigenvalue weighted by Gasteiger charge is 2.32. The molecule has 1 aliphatic rings. The van der Waals surface area contributed by atoms with E-state index in [4.69, 9.17) is 0 Å². The van der Waals surface area contributed by atoms with Crippen LogP contribution in [-0.2, 0) is 6.54 Å². The van der Waals surface area contributed by atoms with Crippen molar-refractivity contribution in [2.75, 3.05) is 19.6 Å². The van der Waals surface area contributed by atoms with E-state index in [9.17, 15) is 13.2 Å². The number of aromatic nitrogens is 4. The molecule has 2 heterocycles. The summed E-state index contributed by atoms with van der Waals surface area (Å²) in [6, 6.07) is 0.216. The molecule has 1 aliphatic heterocycles. The van der Waals surface area contributed by atoms with E-state index >= 15 is 0 Å². The summed E-state index contributed by atoms with van der Waals surface area (Å²) in [5.41, 5.74) is 0. The average molecular weight is 264 g/mol. The SMILES string of the molecule is FC(F)(F)CN1CCC(NCc2nn[nH]n2)CC1. The highest BCUT2D eigenvalue weighted by molar-refractivity contribution is 4.82. The Kier molecular flexibility index (Phi) is 4.12. The molecule has 0 atom stereocenters. The molecule has 0 spiro atoms. The lowest BCUT2D eigenvalue weighted by atomic mass is 10.1. The van der Waals surface area contributed by atoms with Gasteiger partial charge in [-0.25, -0.2) is 0 Å². The quantitative estimate of drug-likeness (QED) is 0.819. The van der Waals surface area contributed by atoms with Gasteiger partial charge in [-0.2, -0.15) is 18.4 Å². The van der Waals surface area contributed by atoms with Crippen LogP contribution in [0.25, 0.3) is 0 Å². The molecule has 1 aromatic heterocycles. The van der Waals surface area contributed by atoms with Gasteiger partial charge >= 0.3 is 6.18 Å². The molecule has 18 heavy (non-hydrogen) atoms. The van der Waals surface area contributed by atoms with Gasteiger partial charge in [0.1, 0.15) is 0 Å². The molecular weight excluding hydrogens is 249 g/mol. The van der Waals surface area contributed by atoms with Gasteiger partial charge in [-0.3, -0.25) is 4.90 Å². The first kappa shape index (κ1) is 13.2. The number of H-pyrrole nitrogens is 1. The number of rotatable bonds is 4. The van der Waals surface area contributed by atoms with Crippen LogP contribution in [0.2, 0.25) is 0 Å². The summed E-state index contributed by atoms with van der Waals surface area (Å²) in [7, 11) is 0. The number of nitrogens with one attached hydrogen (secondary N) is 2. The maximum atomic E-state index is 12.2. The number of tetrazole rings is 1. The fourth-order valence-electron chi connectivity index (χ4n) is 2.04. The van der Waals surface area contributed by atoms with Gasteiger partial charge in [0, 0.05) is 6.04 Å². The molecule has 2 N–H and O–H groups in total. The van der Waals surface area contributed by atoms with Crippen molar-refractivity contribution in [1.82, 2.24) is 30.8 Å². The van der Waals surface area contributed by atoms with Gasteiger partial charge in [-0.1, -0.05) is 5.21 Å². The van der Waals surface area contributed by atoms with Crippen molar-refractivity contribution in [2.45, 2.75) is 31.6 Å². The number of hydrogen-bond acceptors (Lipinski definition) is 5. The molecule has 0 radical (unpaired) electrons. The fourth-order valence-corrected chi connectivity index (χ4v) is 2.04. The summed E-state index contributed by atoms with van der Waals surface area (Å²) in [4.78, 5) is 1.44. The molecule has 2 rings (SSSR count). The van der Waals surface area contributed by atoms with E-state index in [1.807, 2.05) is 0 Å². The Bertz CT molecular complexity index is 344. The van der Waals surface area contributed by atoms with Crippen LogP contribution >= 0.6 is 0 Å². The van der Waals surface area contributed by atoms with Crippen molar-refractivity contribution in [3.05, 3.63) is 5.82 Å². The molecule has 0 amide bonds. The van der Waals surface area contributed by atoms with E-state index in [1.54, 1.807) is 0 Å². The molecule has 6 nitrogen and oxygen atoms in total. The molecule has 0 unspecified atom stereocenters. The van der Waals surface area contributed by atoms with Gasteiger partial charge in [-0.15, -0.1) is 10.2 Å². The standard InChI is InChI=1S/C9H15F3N6/c10-9(11,12)6-18-3-1-7(2-4-18)13-5-8-14-16-17-15-8/h7,13H,1-6H2,(H,14,15,16,17). The van der Waals surface area contributed by atoms with Crippen molar-refractivity contribution in [3.63, 3.8) is 0 Å². The van der Waals surface area contributed by atoms with Gasteiger partial charge in [-0.05, 0) is 25.9 Å². The monoisotopic (exact) mass is 264 g/mol. The molecule has 102 valence electrons. The van der Waals surface area contributed by atoms with E-state index in [1.165, 1.54) is 4.90 Å². The predicted octanol–water partition coefficient (Wildman–Crippen LogP) is 0.316. The first-order chi connectivity index (χ1) is 8.53. The Morgan fingerprint density at radius 2 is 2.06 bits per heavy atom. The minimum absolute atomic E-state index is 0.216. The first-order valence-corrected chi connectivity index (χ1v) is 5.78. The van der Waals surface area contributed by atoms with E-state index in [0.717, 1.165) is 0 Å². The van der Waals surface area contributed by atoms with Crippen LogP contribution in [0.15, 0.2) is 0 Å². The summed E-state index contributed by atoms with van der Waals surface area (Å²) in [5, 5.41) is 16.6. The second-order valence-corrected chi connectivity index (χ2v) is 4.37. The van der Waals surface area contributed by atoms with Gasteiger partial charge in [0.2, 0.25) is 0 Å². The van der Waals surface area contributed by atoms with Crippen molar-refractivity contribution < 1.29 is 13.2 Å². The minimum atomic E-state index is -4.11. The summed E-state index contributed by atoms with van der Waals surface area (Å²) >= 11 is 0. The van der Waals surface area contributed by atoms with Crippen molar-refractivity contribution in [2.24, 2.45) is 0 Å². The van der Waals surface area contributed by atoms with Gasteiger partial charge in [0.15, 0.2) is 5.82 Å². The smallest absolute Gasteiger partial charge is 0.307 e. The highest BCUT2D eigenvalue weighted by atomic mass is 19.4. The molecular formula is C9H15F3N6. The number of alkyl halides is 3. The maximum Gasteiger partial charge on any atom is 0.401 e. The second-order valence-electron chi connectivity index (χ2n) is 4.37. The van der Waals surface area contributed by atoms with Crippen molar-refractivity contribution in [1.29, 1.82) is 0 Å². The summed E-state index contributed by atoms with van der Waals surface area (Å²) in [6.07, 6.45) is -2.70. The third-order valence-corrected chi connectivity index (χ3v) is 2.93. The summed E-state index contributed by atoms with van der Waals surface area (Å²) < 4.78 is 36.6. The fraction of sp³-hybridized carbons (Fsp3) is 0.889. The van der Waals surface area contributed by atoms with Crippen LogP contribution in [0, 0.1) is 0 Å². The second kappa shape index (κ2) is 5.61. The third kappa shape index (κ3) is 4.22. The van der Waals surface area contributed by atoms with Crippen LogP contribution in [0.5, 0.6) is 0 Å². The van der Waals surface area contributed by atoms with E-state index in [-0.39, 0.29) is 6.04 Å². The van der Waals surface area contributed by atoms with Crippen molar-refractivity contribution in [3.8, 4) is 0 Å². The lowest BCUT2D eigenvalue weighted by Gasteiger charge is -2.32. The van der Waals surface area contributed by atoms with E-state index < -0.39 is 12.7 Å². The molecule has 1 aromatic rings. The Morgan fingerprint density at radius 3 is 2.61 bits per heavy atom. The zero-order valence-electron chi connectivity index (χ0n) is 9.74. The van der Waals surface area contributed by atoms with E-state index in [0.29, 0.717) is 38.3 Å². The predicted molar refractivity (Wildman–Crippen MR) is 56.5 cm³/mol. The zero-order valence-corrected chi connectivity index (χ0v) is 9.74. The lowest BCUT2D eigenvalue weighted by molar-refractivity contribution is -0.148. The number of halogens is 3. The number of piperidine rings is 1. The van der Waals surface area contributed by atoms with Crippen LogP contribution in [0.3, 0.4) is 0 Å². The van der Waals surface area contributed by atoms with Crippen LogP contribution < -0.4 is 5.32 Å². The van der Waals surface area contributed by atoms with Crippen LogP contribution in [0.1, 0.15) is 18.7 Å². The number of nitrogens with zero attached hydrogens (tertiary/aromatic N) is 4. The third-order valence-electron chi connectivity index (χ3n) is 2.93. The normalized spacial score (nSPS) is 19.3. The summed E-state index contributed by atoms with van der Waals surface area (Å²) in [6.45, 7) is 0.595. The highest BCUT2D eigenvalue weighted by Crippen LogP contribution is 2.19. The van der Waals surface area contributed by atoms with Gasteiger partial charge in [0.25, 0.3) is 0 Å². The number of aromatic amines is 1. The van der Waals surface area contributed by atoms with Gasteiger partial charge in [0.05, 0.1) is 13.1 Å². The largest absolute Gasteiger partial charge is 0.401 e. The topological polar surface area (TPSA) is 69.7 Å². The average Bonchev–Trinajstić information content (AvgIpc) is 2.79. The molecule has 9 heteroatoms. The molecule has 0 bridgehead atoms. The maximum absolute atomic E-state index is 12.2. The van der Waals surface area contributed by atoms with Crippen molar-refractivity contribution >= 4 is 0 Å². The van der Waals surface area contributed by atoms with Crippen LogP contribution in [-0.4, -0.2) is 57.4 Å². The molecule has 0 aromatic carbocycles. The Morgan fingerprint density at radius 1 is 1.33 bits per heavy atom. The zero-order chi connectivity index (χ0) is 13.0. The number of likely N-dealkylation sites (tertiary alicyclic amines) is 1. The lowest BCUT2D eigenvalue weighted by Crippen LogP contribution is -2.45. The Hall–Kier alpha value is -1.22. The van der Waals surface area contributed by atoms with E-state index in [2.05, 4.69) is 25.9 Å². The molecule has 1 fully saturated rings. The van der Waals surface area contributed by atoms with Gasteiger partial charge < -0.3 is 5.32 Å². The van der Waals surface area contributed by atoms with Crippen LogP contribution in [0.4, 0.5) is 13.2 Å². The summed E-state index contributed by atoms with van der Waals surface area (Å²) in [5.74, 6) is 0.563. The number of hydrogen-bond donors (Lipinski definition) is 2. The Labute approximate surface area is 102 Å².